The van der Waals surface area contributed by atoms with Gasteiger partial charge in [0.25, 0.3) is 0 Å². The number of nitrogens with one attached hydrogen (secondary N) is 1. The van der Waals surface area contributed by atoms with E-state index in [4.69, 9.17) is 4.98 Å². The summed E-state index contributed by atoms with van der Waals surface area (Å²) in [5.74, 6) is 2.00. The molecule has 3 aromatic heterocycles. The highest BCUT2D eigenvalue weighted by Crippen LogP contribution is 2.16. The Labute approximate surface area is 209 Å². The number of H-pyrrole nitrogens is 1. The Bertz CT molecular complexity index is 913. The van der Waals surface area contributed by atoms with Gasteiger partial charge in [0.1, 0.15) is 16.7 Å². The lowest BCUT2D eigenvalue weighted by Gasteiger charge is -2.21. The van der Waals surface area contributed by atoms with E-state index in [2.05, 4.69) is 60.5 Å². The quantitative estimate of drug-likeness (QED) is 0.289. The van der Waals surface area contributed by atoms with Gasteiger partial charge in [-0.1, -0.05) is 13.8 Å². The molecule has 0 aliphatic heterocycles. The van der Waals surface area contributed by atoms with E-state index in [0.717, 1.165) is 50.1 Å². The molecule has 0 saturated carbocycles. The first-order valence-corrected chi connectivity index (χ1v) is 13.5. The number of rotatable bonds is 17. The first-order chi connectivity index (χ1) is 16.6. The van der Waals surface area contributed by atoms with E-state index in [1.807, 2.05) is 25.6 Å². The minimum atomic E-state index is 0.736. The smallest absolute Gasteiger partial charge is 0.122 e. The van der Waals surface area contributed by atoms with Crippen LogP contribution >= 0.6 is 11.3 Å². The lowest BCUT2D eigenvalue weighted by Crippen LogP contribution is -2.27. The molecule has 0 amide bonds. The average molecular weight is 487 g/mol. The van der Waals surface area contributed by atoms with Crippen LogP contribution in [0.5, 0.6) is 0 Å². The monoisotopic (exact) mass is 486 g/mol. The molecular weight excluding hydrogens is 444 g/mol. The van der Waals surface area contributed by atoms with Crippen LogP contribution in [-0.2, 0) is 33.2 Å². The van der Waals surface area contributed by atoms with E-state index in [1.165, 1.54) is 50.3 Å². The highest BCUT2D eigenvalue weighted by molar-refractivity contribution is 7.09. The zero-order valence-electron chi connectivity index (χ0n) is 21.4. The third-order valence-electron chi connectivity index (χ3n) is 5.95. The molecule has 0 aliphatic rings. The van der Waals surface area contributed by atoms with Crippen molar-refractivity contribution >= 4 is 11.3 Å². The number of nitrogens with zero attached hydrogens (tertiary/aromatic N) is 7. The SMILES string of the molecule is CCCN(CCC)CCCCN(C)Cc1nc(CN(Cc2ncc[nH]2)Cc2nccn2C)cs1. The highest BCUT2D eigenvalue weighted by Gasteiger charge is 2.15. The summed E-state index contributed by atoms with van der Waals surface area (Å²) in [7, 11) is 4.25. The van der Waals surface area contributed by atoms with Gasteiger partial charge in [-0.2, -0.15) is 0 Å². The molecule has 0 aliphatic carbocycles. The molecule has 8 nitrogen and oxygen atoms in total. The summed E-state index contributed by atoms with van der Waals surface area (Å²) < 4.78 is 2.07. The fraction of sp³-hybridized carbons (Fsp3) is 0.640. The van der Waals surface area contributed by atoms with Crippen molar-refractivity contribution in [2.75, 3.05) is 33.2 Å². The lowest BCUT2D eigenvalue weighted by atomic mass is 10.2. The molecule has 3 heterocycles. The van der Waals surface area contributed by atoms with Crippen molar-refractivity contribution in [3.63, 3.8) is 0 Å². The number of thiazole rings is 1. The molecule has 3 aromatic rings. The molecule has 3 rings (SSSR count). The number of aryl methyl sites for hydroxylation is 1. The summed E-state index contributed by atoms with van der Waals surface area (Å²) in [6.07, 6.45) is 12.5. The minimum Gasteiger partial charge on any atom is -0.348 e. The van der Waals surface area contributed by atoms with E-state index in [1.54, 1.807) is 17.5 Å². The summed E-state index contributed by atoms with van der Waals surface area (Å²) >= 11 is 1.76. The molecule has 0 radical (unpaired) electrons. The number of hydrogen-bond donors (Lipinski definition) is 1. The van der Waals surface area contributed by atoms with Gasteiger partial charge in [-0.25, -0.2) is 15.0 Å². The second kappa shape index (κ2) is 14.4. The predicted octanol–water partition coefficient (Wildman–Crippen LogP) is 4.14. The maximum absolute atomic E-state index is 4.95. The van der Waals surface area contributed by atoms with Gasteiger partial charge >= 0.3 is 0 Å². The standard InChI is InChI=1S/C25H42N8S/c1-5-12-32(13-6-2)15-8-7-14-30(3)20-25-29-22(21-34-25)17-33(18-23-26-9-10-27-23)19-24-28-11-16-31(24)4/h9-11,16,21H,5-8,12-15,17-20H2,1-4H3,(H,26,27). The first kappa shape index (κ1) is 26.5. The number of hydrogen-bond acceptors (Lipinski definition) is 7. The van der Waals surface area contributed by atoms with Gasteiger partial charge in [0.05, 0.1) is 25.3 Å². The van der Waals surface area contributed by atoms with Crippen LogP contribution in [0.15, 0.2) is 30.2 Å². The van der Waals surface area contributed by atoms with E-state index < -0.39 is 0 Å². The molecule has 0 aromatic carbocycles. The maximum atomic E-state index is 4.95. The van der Waals surface area contributed by atoms with Crippen LogP contribution in [-0.4, -0.2) is 72.4 Å². The summed E-state index contributed by atoms with van der Waals surface area (Å²) in [5, 5.41) is 3.38. The van der Waals surface area contributed by atoms with Crippen LogP contribution in [0.1, 0.15) is 61.9 Å². The Balaban J connectivity index is 1.47. The fourth-order valence-electron chi connectivity index (χ4n) is 4.23. The third-order valence-corrected chi connectivity index (χ3v) is 6.83. The molecule has 0 spiro atoms. The molecule has 0 bridgehead atoms. The van der Waals surface area contributed by atoms with E-state index in [0.29, 0.717) is 0 Å². The Kier molecular flexibility index (Phi) is 11.2. The van der Waals surface area contributed by atoms with Crippen LogP contribution in [0.2, 0.25) is 0 Å². The zero-order valence-corrected chi connectivity index (χ0v) is 22.2. The van der Waals surface area contributed by atoms with Crippen molar-refractivity contribution in [3.05, 3.63) is 52.5 Å². The Morgan fingerprint density at radius 2 is 1.71 bits per heavy atom. The van der Waals surface area contributed by atoms with Gasteiger partial charge < -0.3 is 14.5 Å². The van der Waals surface area contributed by atoms with Gasteiger partial charge in [-0.15, -0.1) is 11.3 Å². The molecule has 34 heavy (non-hydrogen) atoms. The van der Waals surface area contributed by atoms with Gasteiger partial charge in [-0.3, -0.25) is 9.80 Å². The van der Waals surface area contributed by atoms with Gasteiger partial charge in [0, 0.05) is 43.8 Å². The largest absolute Gasteiger partial charge is 0.348 e. The molecular formula is C25H42N8S. The Morgan fingerprint density at radius 3 is 2.38 bits per heavy atom. The Morgan fingerprint density at radius 1 is 0.912 bits per heavy atom. The second-order valence-corrected chi connectivity index (χ2v) is 10.1. The van der Waals surface area contributed by atoms with Crippen molar-refractivity contribution in [2.45, 2.75) is 65.7 Å². The van der Waals surface area contributed by atoms with Crippen molar-refractivity contribution < 1.29 is 0 Å². The van der Waals surface area contributed by atoms with Crippen molar-refractivity contribution in [1.29, 1.82) is 0 Å². The third kappa shape index (κ3) is 8.94. The summed E-state index contributed by atoms with van der Waals surface area (Å²) in [5.41, 5.74) is 1.11. The van der Waals surface area contributed by atoms with Crippen LogP contribution in [0, 0.1) is 0 Å². The molecule has 0 atom stereocenters. The van der Waals surface area contributed by atoms with Crippen LogP contribution in [0.25, 0.3) is 0 Å². The van der Waals surface area contributed by atoms with E-state index in [-0.39, 0.29) is 0 Å². The summed E-state index contributed by atoms with van der Waals surface area (Å²) in [6.45, 7) is 12.5. The van der Waals surface area contributed by atoms with Crippen molar-refractivity contribution in [3.8, 4) is 0 Å². The van der Waals surface area contributed by atoms with Crippen molar-refractivity contribution in [2.24, 2.45) is 7.05 Å². The van der Waals surface area contributed by atoms with Crippen molar-refractivity contribution in [1.82, 2.24) is 39.2 Å². The maximum Gasteiger partial charge on any atom is 0.122 e. The second-order valence-electron chi connectivity index (χ2n) is 9.15. The van der Waals surface area contributed by atoms with E-state index in [9.17, 15) is 0 Å². The topological polar surface area (TPSA) is 69.1 Å². The molecule has 9 heteroatoms. The lowest BCUT2D eigenvalue weighted by molar-refractivity contribution is 0.230. The summed E-state index contributed by atoms with van der Waals surface area (Å²) in [4.78, 5) is 24.4. The highest BCUT2D eigenvalue weighted by atomic mass is 32.1. The van der Waals surface area contributed by atoms with Gasteiger partial charge in [-0.05, 0) is 58.9 Å². The van der Waals surface area contributed by atoms with Gasteiger partial charge in [0.15, 0.2) is 0 Å². The fourth-order valence-corrected chi connectivity index (χ4v) is 5.10. The number of aromatic nitrogens is 5. The molecule has 188 valence electrons. The molecule has 0 fully saturated rings. The number of imidazole rings is 2. The normalized spacial score (nSPS) is 12.0. The number of aromatic amines is 1. The average Bonchev–Trinajstić information content (AvgIpc) is 3.56. The first-order valence-electron chi connectivity index (χ1n) is 12.6. The molecule has 0 unspecified atom stereocenters. The van der Waals surface area contributed by atoms with Crippen LogP contribution < -0.4 is 0 Å². The minimum absolute atomic E-state index is 0.736. The summed E-state index contributed by atoms with van der Waals surface area (Å²) in [6, 6.07) is 0. The van der Waals surface area contributed by atoms with Gasteiger partial charge in [0.2, 0.25) is 0 Å². The van der Waals surface area contributed by atoms with Crippen LogP contribution in [0.3, 0.4) is 0 Å². The Hall–Kier alpha value is -2.07. The number of unbranched alkanes of at least 4 members (excludes halogenated alkanes) is 1. The van der Waals surface area contributed by atoms with E-state index >= 15 is 0 Å². The predicted molar refractivity (Wildman–Crippen MR) is 139 cm³/mol. The zero-order chi connectivity index (χ0) is 24.2. The van der Waals surface area contributed by atoms with Crippen LogP contribution in [0.4, 0.5) is 0 Å². The molecule has 1 N–H and O–H groups in total. The molecule has 0 saturated heterocycles.